The molecule has 1 N–H and O–H groups in total. The van der Waals surface area contributed by atoms with E-state index in [0.29, 0.717) is 37.1 Å². The average Bonchev–Trinajstić information content (AvgIpc) is 3.17. The maximum absolute atomic E-state index is 12.3. The molecule has 3 heterocycles. The largest absolute Gasteiger partial charge is 0.494 e. The number of aromatic nitrogens is 4. The molecule has 15 nitrogen and oxygen atoms in total. The van der Waals surface area contributed by atoms with E-state index in [1.165, 1.54) is 45.7 Å². The van der Waals surface area contributed by atoms with E-state index in [2.05, 4.69) is 19.9 Å². The Morgan fingerprint density at radius 2 is 1.31 bits per heavy atom. The summed E-state index contributed by atoms with van der Waals surface area (Å²) in [6, 6.07) is 18.0. The lowest BCUT2D eigenvalue weighted by atomic mass is 9.74. The molecule has 4 aromatic rings. The average molecular weight is 706 g/mol. The van der Waals surface area contributed by atoms with Gasteiger partial charge in [-0.3, -0.25) is 0 Å². The summed E-state index contributed by atoms with van der Waals surface area (Å²) >= 11 is 0. The van der Waals surface area contributed by atoms with Gasteiger partial charge in [-0.1, -0.05) is 42.5 Å². The van der Waals surface area contributed by atoms with Crippen LogP contribution < -0.4 is 33.2 Å². The van der Waals surface area contributed by atoms with Crippen molar-refractivity contribution < 1.29 is 47.8 Å². The molecule has 51 heavy (non-hydrogen) atoms. The zero-order chi connectivity index (χ0) is 36.0. The fraction of sp³-hybridized carbons (Fsp3) is 0.417. The molecule has 2 unspecified atom stereocenters. The van der Waals surface area contributed by atoms with Gasteiger partial charge in [-0.05, 0) is 29.2 Å². The minimum absolute atomic E-state index is 0.0712. The number of hydrogen-bond acceptors (Lipinski definition) is 13. The molecule has 0 aliphatic carbocycles. The van der Waals surface area contributed by atoms with Crippen LogP contribution in [0.25, 0.3) is 0 Å². The lowest BCUT2D eigenvalue weighted by molar-refractivity contribution is 0.0439. The Hall–Kier alpha value is -5.57. The van der Waals surface area contributed by atoms with E-state index < -0.39 is 6.09 Å². The number of methoxy groups -OCH3 is 4. The SMILES string of the molecule is COc1cnc(OCC2CN(C(=O)O)CC(COc3ncc(OC)c(OC)n3)C2c2ccc(OCCCOCc3ccccc3)cc2)nc1OC. The number of ether oxygens (including phenoxy) is 8. The summed E-state index contributed by atoms with van der Waals surface area (Å²) < 4.78 is 45.0. The first-order chi connectivity index (χ1) is 24.9. The highest BCUT2D eigenvalue weighted by molar-refractivity contribution is 5.65. The van der Waals surface area contributed by atoms with Crippen LogP contribution in [0, 0.1) is 11.8 Å². The fourth-order valence-corrected chi connectivity index (χ4v) is 5.92. The molecule has 2 aromatic heterocycles. The smallest absolute Gasteiger partial charge is 0.407 e. The third-order valence-electron chi connectivity index (χ3n) is 8.35. The van der Waals surface area contributed by atoms with Crippen LogP contribution in [0.2, 0.25) is 0 Å². The van der Waals surface area contributed by atoms with E-state index in [-0.39, 0.29) is 67.8 Å². The van der Waals surface area contributed by atoms with Crippen LogP contribution >= 0.6 is 0 Å². The molecule has 0 spiro atoms. The van der Waals surface area contributed by atoms with Gasteiger partial charge in [0.15, 0.2) is 11.5 Å². The third kappa shape index (κ3) is 10.0. The molecule has 1 aliphatic rings. The standard InChI is InChI=1S/C36H43N5O10/c1-44-29-17-37-34(39-32(29)46-3)50-22-26-19-41(36(42)43)20-27(23-51-35-38-18-30(45-2)33(40-35)47-4)31(26)25-11-13-28(14-12-25)49-16-8-15-48-21-24-9-6-5-7-10-24/h5-7,9-14,17-18,26-27,31H,8,15-16,19-23H2,1-4H3,(H,42,43). The topological polar surface area (TPSA) is 166 Å². The zero-order valence-corrected chi connectivity index (χ0v) is 29.1. The van der Waals surface area contributed by atoms with Crippen LogP contribution in [0.5, 0.6) is 41.0 Å². The Bertz CT molecular complexity index is 1610. The van der Waals surface area contributed by atoms with Gasteiger partial charge in [0.2, 0.25) is 0 Å². The van der Waals surface area contributed by atoms with Gasteiger partial charge in [-0.15, -0.1) is 0 Å². The van der Waals surface area contributed by atoms with E-state index in [0.717, 1.165) is 17.5 Å². The molecule has 15 heteroatoms. The van der Waals surface area contributed by atoms with E-state index >= 15 is 0 Å². The predicted molar refractivity (Wildman–Crippen MR) is 183 cm³/mol. The van der Waals surface area contributed by atoms with E-state index in [9.17, 15) is 9.90 Å². The van der Waals surface area contributed by atoms with Gasteiger partial charge < -0.3 is 47.9 Å². The summed E-state index contributed by atoms with van der Waals surface area (Å²) in [6.07, 6.45) is 2.59. The van der Waals surface area contributed by atoms with E-state index in [1.807, 2.05) is 54.6 Å². The predicted octanol–water partition coefficient (Wildman–Crippen LogP) is 4.75. The van der Waals surface area contributed by atoms with Gasteiger partial charge >= 0.3 is 18.1 Å². The molecule has 0 radical (unpaired) electrons. The molecule has 5 rings (SSSR count). The Labute approximate surface area is 296 Å². The number of amides is 1. The van der Waals surface area contributed by atoms with Gasteiger partial charge in [-0.25, -0.2) is 4.79 Å². The Kier molecular flexibility index (Phi) is 13.3. The summed E-state index contributed by atoms with van der Waals surface area (Å²) in [5.41, 5.74) is 2.09. The molecule has 272 valence electrons. The third-order valence-corrected chi connectivity index (χ3v) is 8.35. The highest BCUT2D eigenvalue weighted by Gasteiger charge is 2.41. The molecular formula is C36H43N5O10. The highest BCUT2D eigenvalue weighted by atomic mass is 16.5. The first kappa shape index (κ1) is 36.7. The molecule has 1 aliphatic heterocycles. The number of piperidine rings is 1. The summed E-state index contributed by atoms with van der Waals surface area (Å²) in [5.74, 6) is 1.01. The summed E-state index contributed by atoms with van der Waals surface area (Å²) in [7, 11) is 5.91. The summed E-state index contributed by atoms with van der Waals surface area (Å²) in [4.78, 5) is 30.8. The number of nitrogens with zero attached hydrogens (tertiary/aromatic N) is 5. The molecule has 0 bridgehead atoms. The first-order valence-electron chi connectivity index (χ1n) is 16.4. The van der Waals surface area contributed by atoms with Crippen molar-refractivity contribution in [1.29, 1.82) is 0 Å². The second-order valence-corrected chi connectivity index (χ2v) is 11.6. The molecular weight excluding hydrogens is 662 g/mol. The molecule has 0 saturated carbocycles. The molecule has 2 atom stereocenters. The zero-order valence-electron chi connectivity index (χ0n) is 29.1. The second-order valence-electron chi connectivity index (χ2n) is 11.6. The first-order valence-corrected chi connectivity index (χ1v) is 16.4. The quantitative estimate of drug-likeness (QED) is 0.141. The lowest BCUT2D eigenvalue weighted by Crippen LogP contribution is -2.50. The number of likely N-dealkylation sites (tertiary alicyclic amines) is 1. The van der Waals surface area contributed by atoms with Crippen LogP contribution in [0.1, 0.15) is 23.5 Å². The van der Waals surface area contributed by atoms with Gasteiger partial charge in [0.05, 0.1) is 73.9 Å². The van der Waals surface area contributed by atoms with Crippen molar-refractivity contribution in [3.05, 3.63) is 78.1 Å². The van der Waals surface area contributed by atoms with Crippen molar-refractivity contribution >= 4 is 6.09 Å². The van der Waals surface area contributed by atoms with Gasteiger partial charge in [0.1, 0.15) is 5.75 Å². The number of carbonyl (C=O) groups is 1. The van der Waals surface area contributed by atoms with Crippen LogP contribution in [-0.4, -0.2) is 104 Å². The van der Waals surface area contributed by atoms with Crippen molar-refractivity contribution in [2.45, 2.75) is 18.9 Å². The van der Waals surface area contributed by atoms with Gasteiger partial charge in [-0.2, -0.15) is 19.9 Å². The fourth-order valence-electron chi connectivity index (χ4n) is 5.92. The van der Waals surface area contributed by atoms with Gasteiger partial charge in [0, 0.05) is 31.3 Å². The van der Waals surface area contributed by atoms with Crippen LogP contribution in [-0.2, 0) is 11.3 Å². The molecule has 2 aromatic carbocycles. The van der Waals surface area contributed by atoms with Crippen molar-refractivity contribution in [2.24, 2.45) is 11.8 Å². The lowest BCUT2D eigenvalue weighted by Gasteiger charge is -2.42. The van der Waals surface area contributed by atoms with E-state index in [1.54, 1.807) is 0 Å². The number of rotatable bonds is 18. The number of hydrogen-bond donors (Lipinski definition) is 1. The monoisotopic (exact) mass is 705 g/mol. The highest BCUT2D eigenvalue weighted by Crippen LogP contribution is 2.39. The van der Waals surface area contributed by atoms with Crippen molar-refractivity contribution in [3.8, 4) is 41.0 Å². The van der Waals surface area contributed by atoms with Gasteiger partial charge in [0.25, 0.3) is 11.8 Å². The van der Waals surface area contributed by atoms with E-state index in [4.69, 9.17) is 37.9 Å². The van der Waals surface area contributed by atoms with Crippen molar-refractivity contribution in [3.63, 3.8) is 0 Å². The summed E-state index contributed by atoms with van der Waals surface area (Å²) in [5, 5.41) is 10.1. The maximum atomic E-state index is 12.3. The Morgan fingerprint density at radius 1 is 0.745 bits per heavy atom. The van der Waals surface area contributed by atoms with Crippen LogP contribution in [0.15, 0.2) is 67.0 Å². The molecule has 1 fully saturated rings. The maximum Gasteiger partial charge on any atom is 0.407 e. The molecule has 1 amide bonds. The Morgan fingerprint density at radius 3 is 1.82 bits per heavy atom. The van der Waals surface area contributed by atoms with Crippen molar-refractivity contribution in [1.82, 2.24) is 24.8 Å². The van der Waals surface area contributed by atoms with Crippen LogP contribution in [0.3, 0.4) is 0 Å². The molecule has 1 saturated heterocycles. The van der Waals surface area contributed by atoms with Crippen LogP contribution in [0.4, 0.5) is 4.79 Å². The van der Waals surface area contributed by atoms with Crippen molar-refractivity contribution in [2.75, 3.05) is 68.0 Å². The summed E-state index contributed by atoms with van der Waals surface area (Å²) in [6.45, 7) is 2.25. The number of carboxylic acid groups (broad SMARTS) is 1. The minimum atomic E-state index is -1.05. The minimum Gasteiger partial charge on any atom is -0.494 e. The number of benzene rings is 2. The Balaban J connectivity index is 1.31. The normalized spacial score (nSPS) is 16.9. The second kappa shape index (κ2) is 18.4.